The van der Waals surface area contributed by atoms with Crippen molar-refractivity contribution in [2.45, 2.75) is 39.2 Å². The van der Waals surface area contributed by atoms with Crippen molar-refractivity contribution in [1.82, 2.24) is 0 Å². The predicted octanol–water partition coefficient (Wildman–Crippen LogP) is 3.98. The van der Waals surface area contributed by atoms with Gasteiger partial charge in [0.15, 0.2) is 17.4 Å². The first kappa shape index (κ1) is 14.0. The van der Waals surface area contributed by atoms with E-state index in [1.807, 2.05) is 0 Å². The lowest BCUT2D eigenvalue weighted by molar-refractivity contribution is 0.0927. The summed E-state index contributed by atoms with van der Waals surface area (Å²) in [5.74, 6) is -0.999. The molecular weight excluding hydrogens is 250 g/mol. The fraction of sp³-hybridized carbons (Fsp3) is 0.533. The summed E-state index contributed by atoms with van der Waals surface area (Å²) >= 11 is 0. The molecule has 0 bridgehead atoms. The largest absolute Gasteiger partial charge is 0.484 e. The number of benzene rings is 1. The Morgan fingerprint density at radius 1 is 1.11 bits per heavy atom. The molecule has 0 radical (unpaired) electrons. The lowest BCUT2D eigenvalue weighted by atomic mass is 9.82. The maximum Gasteiger partial charge on any atom is 0.191 e. The maximum atomic E-state index is 13.7. The van der Waals surface area contributed by atoms with E-state index in [0.717, 1.165) is 31.4 Å². The topological polar surface area (TPSA) is 26.3 Å². The minimum absolute atomic E-state index is 0.0206. The third-order valence-electron chi connectivity index (χ3n) is 3.58. The summed E-state index contributed by atoms with van der Waals surface area (Å²) in [6.45, 7) is 4.24. The van der Waals surface area contributed by atoms with Crippen molar-refractivity contribution in [2.75, 3.05) is 0 Å². The molecule has 0 aromatic heterocycles. The molecule has 1 aliphatic rings. The Morgan fingerprint density at radius 2 is 1.63 bits per heavy atom. The van der Waals surface area contributed by atoms with Crippen molar-refractivity contribution in [3.8, 4) is 5.75 Å². The Balaban J connectivity index is 2.16. The SMILES string of the molecule is CC1CC(C)CC(Oc2c(F)cc(C=O)cc2F)C1. The third-order valence-corrected chi connectivity index (χ3v) is 3.58. The molecule has 2 unspecified atom stereocenters. The van der Waals surface area contributed by atoms with Gasteiger partial charge in [0.1, 0.15) is 6.29 Å². The summed E-state index contributed by atoms with van der Waals surface area (Å²) in [7, 11) is 0. The normalized spacial score (nSPS) is 27.1. The van der Waals surface area contributed by atoms with Gasteiger partial charge >= 0.3 is 0 Å². The molecular formula is C15H18F2O2. The molecule has 2 nitrogen and oxygen atoms in total. The van der Waals surface area contributed by atoms with Crippen molar-refractivity contribution in [3.05, 3.63) is 29.3 Å². The third kappa shape index (κ3) is 3.31. The molecule has 0 saturated heterocycles. The molecule has 0 spiro atoms. The second-order valence-corrected chi connectivity index (χ2v) is 5.59. The Labute approximate surface area is 111 Å². The number of halogens is 2. The average Bonchev–Trinajstić information content (AvgIpc) is 2.32. The summed E-state index contributed by atoms with van der Waals surface area (Å²) in [4.78, 5) is 10.5. The number of carbonyl (C=O) groups is 1. The summed E-state index contributed by atoms with van der Waals surface area (Å²) in [5, 5.41) is 0. The van der Waals surface area contributed by atoms with E-state index in [-0.39, 0.29) is 17.4 Å². The second kappa shape index (κ2) is 5.68. The van der Waals surface area contributed by atoms with E-state index < -0.39 is 11.6 Å². The van der Waals surface area contributed by atoms with Crippen LogP contribution < -0.4 is 4.74 Å². The van der Waals surface area contributed by atoms with Crippen molar-refractivity contribution in [1.29, 1.82) is 0 Å². The van der Waals surface area contributed by atoms with Gasteiger partial charge < -0.3 is 4.74 Å². The van der Waals surface area contributed by atoms with E-state index in [4.69, 9.17) is 4.74 Å². The summed E-state index contributed by atoms with van der Waals surface area (Å²) in [6, 6.07) is 2.00. The van der Waals surface area contributed by atoms with Gasteiger partial charge in [-0.05, 0) is 43.2 Å². The quantitative estimate of drug-likeness (QED) is 0.775. The van der Waals surface area contributed by atoms with E-state index in [1.54, 1.807) is 0 Å². The maximum absolute atomic E-state index is 13.7. The highest BCUT2D eigenvalue weighted by Gasteiger charge is 2.27. The summed E-state index contributed by atoms with van der Waals surface area (Å²) in [6.07, 6.45) is 2.98. The smallest absolute Gasteiger partial charge is 0.191 e. The molecule has 1 fully saturated rings. The van der Waals surface area contributed by atoms with Crippen LogP contribution in [0.4, 0.5) is 8.78 Å². The molecule has 0 aliphatic heterocycles. The molecule has 0 N–H and O–H groups in total. The fourth-order valence-corrected chi connectivity index (χ4v) is 2.90. The number of ether oxygens (including phenoxy) is 1. The Hall–Kier alpha value is -1.45. The van der Waals surface area contributed by atoms with Crippen LogP contribution in [0.15, 0.2) is 12.1 Å². The molecule has 1 aliphatic carbocycles. The standard InChI is InChI=1S/C15H18F2O2/c1-9-3-10(2)5-12(4-9)19-15-13(16)6-11(8-18)7-14(15)17/h6-10,12H,3-5H2,1-2H3. The molecule has 2 rings (SSSR count). The van der Waals surface area contributed by atoms with Gasteiger partial charge in [0, 0.05) is 5.56 Å². The summed E-state index contributed by atoms with van der Waals surface area (Å²) in [5.41, 5.74) is -0.0206. The van der Waals surface area contributed by atoms with Crippen LogP contribution in [0.3, 0.4) is 0 Å². The van der Waals surface area contributed by atoms with Gasteiger partial charge in [-0.25, -0.2) is 8.78 Å². The molecule has 2 atom stereocenters. The van der Waals surface area contributed by atoms with Crippen LogP contribution in [-0.2, 0) is 0 Å². The summed E-state index contributed by atoms with van der Waals surface area (Å²) < 4.78 is 32.9. The van der Waals surface area contributed by atoms with Crippen molar-refractivity contribution >= 4 is 6.29 Å². The fourth-order valence-electron chi connectivity index (χ4n) is 2.90. The second-order valence-electron chi connectivity index (χ2n) is 5.59. The van der Waals surface area contributed by atoms with Crippen molar-refractivity contribution < 1.29 is 18.3 Å². The Bertz CT molecular complexity index is 440. The van der Waals surface area contributed by atoms with Crippen LogP contribution in [0, 0.1) is 23.5 Å². The highest BCUT2D eigenvalue weighted by atomic mass is 19.1. The molecule has 0 amide bonds. The molecule has 4 heteroatoms. The van der Waals surface area contributed by atoms with Crippen LogP contribution in [-0.4, -0.2) is 12.4 Å². The van der Waals surface area contributed by atoms with Gasteiger partial charge in [0.05, 0.1) is 6.10 Å². The zero-order valence-corrected chi connectivity index (χ0v) is 11.2. The van der Waals surface area contributed by atoms with Gasteiger partial charge in [0.25, 0.3) is 0 Å². The highest BCUT2D eigenvalue weighted by molar-refractivity contribution is 5.75. The van der Waals surface area contributed by atoms with Crippen molar-refractivity contribution in [2.24, 2.45) is 11.8 Å². The lowest BCUT2D eigenvalue weighted by Crippen LogP contribution is -2.29. The van der Waals surface area contributed by atoms with Crippen LogP contribution >= 0.6 is 0 Å². The molecule has 1 saturated carbocycles. The van der Waals surface area contributed by atoms with E-state index in [1.165, 1.54) is 0 Å². The van der Waals surface area contributed by atoms with Crippen molar-refractivity contribution in [3.63, 3.8) is 0 Å². The number of hydrogen-bond donors (Lipinski definition) is 0. The first-order valence-corrected chi connectivity index (χ1v) is 6.60. The van der Waals surface area contributed by atoms with Crippen LogP contribution in [0.1, 0.15) is 43.5 Å². The first-order valence-electron chi connectivity index (χ1n) is 6.60. The number of hydrogen-bond acceptors (Lipinski definition) is 2. The number of aldehydes is 1. The van der Waals surface area contributed by atoms with E-state index in [9.17, 15) is 13.6 Å². The van der Waals surface area contributed by atoms with E-state index in [2.05, 4.69) is 13.8 Å². The molecule has 19 heavy (non-hydrogen) atoms. The van der Waals surface area contributed by atoms with Crippen LogP contribution in [0.5, 0.6) is 5.75 Å². The van der Waals surface area contributed by atoms with Gasteiger partial charge in [-0.3, -0.25) is 4.79 Å². The molecule has 104 valence electrons. The van der Waals surface area contributed by atoms with Crippen LogP contribution in [0.25, 0.3) is 0 Å². The average molecular weight is 268 g/mol. The molecule has 1 aromatic carbocycles. The lowest BCUT2D eigenvalue weighted by Gasteiger charge is -2.31. The molecule has 0 heterocycles. The minimum Gasteiger partial charge on any atom is -0.484 e. The van der Waals surface area contributed by atoms with E-state index >= 15 is 0 Å². The zero-order valence-electron chi connectivity index (χ0n) is 11.2. The van der Waals surface area contributed by atoms with E-state index in [0.29, 0.717) is 18.1 Å². The highest BCUT2D eigenvalue weighted by Crippen LogP contribution is 2.33. The van der Waals surface area contributed by atoms with Gasteiger partial charge in [-0.1, -0.05) is 13.8 Å². The predicted molar refractivity (Wildman–Crippen MR) is 68.3 cm³/mol. The first-order chi connectivity index (χ1) is 8.99. The van der Waals surface area contributed by atoms with Gasteiger partial charge in [0.2, 0.25) is 0 Å². The van der Waals surface area contributed by atoms with Gasteiger partial charge in [-0.15, -0.1) is 0 Å². The van der Waals surface area contributed by atoms with Crippen LogP contribution in [0.2, 0.25) is 0 Å². The Morgan fingerprint density at radius 3 is 2.11 bits per heavy atom. The Kier molecular flexibility index (Phi) is 4.17. The number of rotatable bonds is 3. The zero-order chi connectivity index (χ0) is 14.0. The monoisotopic (exact) mass is 268 g/mol. The molecule has 1 aromatic rings. The van der Waals surface area contributed by atoms with Gasteiger partial charge in [-0.2, -0.15) is 0 Å². The number of carbonyl (C=O) groups excluding carboxylic acids is 1. The minimum atomic E-state index is -0.812.